The van der Waals surface area contributed by atoms with E-state index in [1.165, 1.54) is 7.11 Å². The first-order valence-corrected chi connectivity index (χ1v) is 8.68. The molecule has 0 unspecified atom stereocenters. The molecule has 7 heteroatoms. The first kappa shape index (κ1) is 17.6. The van der Waals surface area contributed by atoms with Gasteiger partial charge in [0.15, 0.2) is 11.5 Å². The maximum atomic E-state index is 11.5. The van der Waals surface area contributed by atoms with E-state index in [-0.39, 0.29) is 0 Å². The van der Waals surface area contributed by atoms with Crippen molar-refractivity contribution in [2.24, 2.45) is 0 Å². The Balaban J connectivity index is 3.28. The van der Waals surface area contributed by atoms with Gasteiger partial charge in [-0.05, 0) is 24.7 Å². The molecule has 0 saturated heterocycles. The predicted octanol–water partition coefficient (Wildman–Crippen LogP) is 1.92. The van der Waals surface area contributed by atoms with Crippen LogP contribution < -0.4 is 14.2 Å². The number of hydrogen-bond acceptors (Lipinski definition) is 5. The van der Waals surface area contributed by atoms with E-state index >= 15 is 0 Å². The average molecular weight is 316 g/mol. The van der Waals surface area contributed by atoms with Crippen LogP contribution in [0.3, 0.4) is 0 Å². The Kier molecular flexibility index (Phi) is 6.29. The smallest absolute Gasteiger partial charge is 0.229 e. The Hall–Kier alpha value is -1.47. The van der Waals surface area contributed by atoms with Crippen molar-refractivity contribution in [2.45, 2.75) is 20.4 Å². The summed E-state index contributed by atoms with van der Waals surface area (Å²) in [7, 11) is -0.280. The lowest BCUT2D eigenvalue weighted by atomic mass is 10.1. The fourth-order valence-electron chi connectivity index (χ4n) is 2.03. The molecule has 21 heavy (non-hydrogen) atoms. The van der Waals surface area contributed by atoms with Crippen molar-refractivity contribution in [1.29, 1.82) is 0 Å². The number of nitrogens with zero attached hydrogens (tertiary/aromatic N) is 1. The fraction of sp³-hybridized carbons (Fsp3) is 0.571. The van der Waals surface area contributed by atoms with Crippen LogP contribution in [0.1, 0.15) is 19.4 Å². The second-order valence-electron chi connectivity index (χ2n) is 4.70. The van der Waals surface area contributed by atoms with Crippen LogP contribution in [0.2, 0.25) is 0 Å². The summed E-state index contributed by atoms with van der Waals surface area (Å²) in [5.74, 6) is 1.07. The number of anilines is 1. The maximum absolute atomic E-state index is 11.5. The van der Waals surface area contributed by atoms with Crippen LogP contribution in [0.5, 0.6) is 11.5 Å². The maximum Gasteiger partial charge on any atom is 0.229 e. The number of rotatable bonds is 8. The quantitative estimate of drug-likeness (QED) is 0.793. The van der Waals surface area contributed by atoms with Crippen LogP contribution in [0, 0.1) is 0 Å². The summed E-state index contributed by atoms with van der Waals surface area (Å²) in [5.41, 5.74) is 1.36. The lowest BCUT2D eigenvalue weighted by molar-refractivity contribution is 0.295. The molecule has 0 aliphatic rings. The molecule has 1 aromatic rings. The van der Waals surface area contributed by atoms with Crippen molar-refractivity contribution in [3.05, 3.63) is 17.7 Å². The average Bonchev–Trinajstić information content (AvgIpc) is 2.43. The number of methoxy groups -OCH3 is 2. The lowest BCUT2D eigenvalue weighted by Gasteiger charge is -2.21. The van der Waals surface area contributed by atoms with E-state index in [2.05, 4.69) is 23.5 Å². The monoisotopic (exact) mass is 316 g/mol. The zero-order valence-corrected chi connectivity index (χ0v) is 14.1. The van der Waals surface area contributed by atoms with Gasteiger partial charge in [0.25, 0.3) is 0 Å². The van der Waals surface area contributed by atoms with Gasteiger partial charge in [0, 0.05) is 12.6 Å². The van der Waals surface area contributed by atoms with Crippen LogP contribution >= 0.6 is 0 Å². The van der Waals surface area contributed by atoms with Gasteiger partial charge in [-0.15, -0.1) is 0 Å². The lowest BCUT2D eigenvalue weighted by Crippen LogP contribution is -2.23. The minimum Gasteiger partial charge on any atom is -0.493 e. The molecule has 0 amide bonds. The molecule has 1 aromatic carbocycles. The molecule has 0 aliphatic carbocycles. The SMILES string of the molecule is CCN(CC)Cc1cc(OC)c(OC)cc1NS(C)(=O)=O. The highest BCUT2D eigenvalue weighted by atomic mass is 32.2. The molecule has 0 bridgehead atoms. The van der Waals surface area contributed by atoms with E-state index in [1.54, 1.807) is 13.2 Å². The van der Waals surface area contributed by atoms with Crippen molar-refractivity contribution in [3.63, 3.8) is 0 Å². The summed E-state index contributed by atoms with van der Waals surface area (Å²) in [5, 5.41) is 0. The van der Waals surface area contributed by atoms with Crippen molar-refractivity contribution in [2.75, 3.05) is 38.3 Å². The van der Waals surface area contributed by atoms with Crippen LogP contribution in [0.25, 0.3) is 0 Å². The van der Waals surface area contributed by atoms with E-state index < -0.39 is 10.0 Å². The second kappa shape index (κ2) is 7.51. The molecule has 0 aliphatic heterocycles. The molecule has 0 heterocycles. The molecule has 0 radical (unpaired) electrons. The molecule has 120 valence electrons. The number of nitrogens with one attached hydrogen (secondary N) is 1. The second-order valence-corrected chi connectivity index (χ2v) is 6.45. The van der Waals surface area contributed by atoms with Crippen LogP contribution in [-0.4, -0.2) is 46.9 Å². The third-order valence-electron chi connectivity index (χ3n) is 3.19. The van der Waals surface area contributed by atoms with Crippen molar-refractivity contribution in [3.8, 4) is 11.5 Å². The van der Waals surface area contributed by atoms with Gasteiger partial charge in [0.2, 0.25) is 10.0 Å². The molecule has 0 aromatic heterocycles. The number of hydrogen-bond donors (Lipinski definition) is 1. The van der Waals surface area contributed by atoms with Crippen molar-refractivity contribution in [1.82, 2.24) is 4.90 Å². The summed E-state index contributed by atoms with van der Waals surface area (Å²) in [6.07, 6.45) is 1.13. The van der Waals surface area contributed by atoms with E-state index in [1.807, 2.05) is 6.07 Å². The molecule has 1 N–H and O–H groups in total. The van der Waals surface area contributed by atoms with Crippen LogP contribution in [0.15, 0.2) is 12.1 Å². The minimum absolute atomic E-state index is 0.493. The summed E-state index contributed by atoms with van der Waals surface area (Å²) in [6, 6.07) is 3.46. The molecule has 1 rings (SSSR count). The van der Waals surface area contributed by atoms with Gasteiger partial charge in [0.05, 0.1) is 26.2 Å². The number of ether oxygens (including phenoxy) is 2. The molecule has 6 nitrogen and oxygen atoms in total. The topological polar surface area (TPSA) is 67.9 Å². The van der Waals surface area contributed by atoms with Gasteiger partial charge >= 0.3 is 0 Å². The van der Waals surface area contributed by atoms with Gasteiger partial charge in [-0.2, -0.15) is 0 Å². The predicted molar refractivity (Wildman–Crippen MR) is 84.6 cm³/mol. The van der Waals surface area contributed by atoms with E-state index in [0.29, 0.717) is 23.7 Å². The van der Waals surface area contributed by atoms with Gasteiger partial charge in [-0.25, -0.2) is 8.42 Å². The normalized spacial score (nSPS) is 11.5. The Morgan fingerprint density at radius 2 is 1.62 bits per heavy atom. The van der Waals surface area contributed by atoms with Gasteiger partial charge < -0.3 is 9.47 Å². The van der Waals surface area contributed by atoms with Crippen molar-refractivity contribution >= 4 is 15.7 Å². The number of sulfonamides is 1. The molecule has 0 fully saturated rings. The molecular formula is C14H24N2O4S. The molecular weight excluding hydrogens is 292 g/mol. The van der Waals surface area contributed by atoms with Gasteiger partial charge in [-0.1, -0.05) is 13.8 Å². The first-order valence-electron chi connectivity index (χ1n) is 6.79. The third kappa shape index (κ3) is 5.09. The third-order valence-corrected chi connectivity index (χ3v) is 3.78. The van der Waals surface area contributed by atoms with E-state index in [0.717, 1.165) is 24.9 Å². The highest BCUT2D eigenvalue weighted by molar-refractivity contribution is 7.92. The number of benzene rings is 1. The standard InChI is InChI=1S/C14H24N2O4S/c1-6-16(7-2)10-11-8-13(19-3)14(20-4)9-12(11)15-21(5,17)18/h8-9,15H,6-7,10H2,1-5H3. The molecule has 0 atom stereocenters. The summed E-state index contributed by atoms with van der Waals surface area (Å²) < 4.78 is 36.1. The Bertz CT molecular complexity index is 569. The Morgan fingerprint density at radius 3 is 2.05 bits per heavy atom. The van der Waals surface area contributed by atoms with Crippen LogP contribution in [0.4, 0.5) is 5.69 Å². The Morgan fingerprint density at radius 1 is 1.10 bits per heavy atom. The highest BCUT2D eigenvalue weighted by Gasteiger charge is 2.15. The largest absolute Gasteiger partial charge is 0.493 e. The first-order chi connectivity index (χ1) is 9.84. The summed E-state index contributed by atoms with van der Waals surface area (Å²) >= 11 is 0. The molecule has 0 saturated carbocycles. The van der Waals surface area contributed by atoms with E-state index in [4.69, 9.17) is 9.47 Å². The minimum atomic E-state index is -3.36. The summed E-state index contributed by atoms with van der Waals surface area (Å²) in [4.78, 5) is 2.19. The van der Waals surface area contributed by atoms with E-state index in [9.17, 15) is 8.42 Å². The highest BCUT2D eigenvalue weighted by Crippen LogP contribution is 2.34. The van der Waals surface area contributed by atoms with Crippen LogP contribution in [-0.2, 0) is 16.6 Å². The van der Waals surface area contributed by atoms with Gasteiger partial charge in [0.1, 0.15) is 0 Å². The summed E-state index contributed by atoms with van der Waals surface area (Å²) in [6.45, 7) is 6.51. The van der Waals surface area contributed by atoms with Crippen molar-refractivity contribution < 1.29 is 17.9 Å². The fourth-order valence-corrected chi connectivity index (χ4v) is 2.62. The Labute approximate surface area is 127 Å². The zero-order valence-electron chi connectivity index (χ0n) is 13.3. The zero-order chi connectivity index (χ0) is 16.0. The molecule has 0 spiro atoms. The van der Waals surface area contributed by atoms with Gasteiger partial charge in [-0.3, -0.25) is 9.62 Å².